The summed E-state index contributed by atoms with van der Waals surface area (Å²) in [6, 6.07) is 14.2. The summed E-state index contributed by atoms with van der Waals surface area (Å²) < 4.78 is 16.3. The Hall–Kier alpha value is -2.73. The lowest BCUT2D eigenvalue weighted by atomic mass is 9.96. The summed E-state index contributed by atoms with van der Waals surface area (Å²) in [5.74, 6) is 1.95. The van der Waals surface area contributed by atoms with Crippen LogP contribution in [0.4, 0.5) is 0 Å². The first-order chi connectivity index (χ1) is 14.5. The van der Waals surface area contributed by atoms with Crippen LogP contribution in [0.2, 0.25) is 0 Å². The Balaban J connectivity index is 1.65. The average Bonchev–Trinajstić information content (AvgIpc) is 2.78. The van der Waals surface area contributed by atoms with Gasteiger partial charge in [-0.25, -0.2) is 0 Å². The van der Waals surface area contributed by atoms with E-state index < -0.39 is 0 Å². The van der Waals surface area contributed by atoms with Gasteiger partial charge in [0, 0.05) is 26.7 Å². The van der Waals surface area contributed by atoms with Gasteiger partial charge in [0.05, 0.1) is 27.2 Å². The van der Waals surface area contributed by atoms with Crippen molar-refractivity contribution in [3.05, 3.63) is 53.6 Å². The van der Waals surface area contributed by atoms with Crippen molar-refractivity contribution in [2.24, 2.45) is 5.92 Å². The van der Waals surface area contributed by atoms with E-state index in [1.807, 2.05) is 25.2 Å². The molecule has 0 aliphatic carbocycles. The van der Waals surface area contributed by atoms with E-state index >= 15 is 0 Å². The first-order valence-electron chi connectivity index (χ1n) is 10.4. The lowest BCUT2D eigenvalue weighted by Crippen LogP contribution is -2.43. The Morgan fingerprint density at radius 1 is 1.03 bits per heavy atom. The van der Waals surface area contributed by atoms with E-state index in [1.54, 1.807) is 26.2 Å². The summed E-state index contributed by atoms with van der Waals surface area (Å²) >= 11 is 0. The zero-order chi connectivity index (χ0) is 21.5. The largest absolute Gasteiger partial charge is 0.493 e. The Labute approximate surface area is 179 Å². The molecule has 0 N–H and O–H groups in total. The minimum absolute atomic E-state index is 0.0227. The number of carbonyl (C=O) groups excluding carboxylic acids is 1. The van der Waals surface area contributed by atoms with Gasteiger partial charge in [0.15, 0.2) is 11.5 Å². The topological polar surface area (TPSA) is 51.2 Å². The molecule has 0 bridgehead atoms. The minimum Gasteiger partial charge on any atom is -0.493 e. The van der Waals surface area contributed by atoms with Crippen molar-refractivity contribution in [3.63, 3.8) is 0 Å². The molecule has 0 aromatic heterocycles. The van der Waals surface area contributed by atoms with E-state index in [0.717, 1.165) is 38.0 Å². The molecule has 1 atom stereocenters. The highest BCUT2D eigenvalue weighted by Crippen LogP contribution is 2.38. The number of amides is 1. The molecular weight excluding hydrogens is 380 g/mol. The maximum Gasteiger partial charge on any atom is 0.227 e. The van der Waals surface area contributed by atoms with Crippen LogP contribution in [0.25, 0.3) is 0 Å². The first-order valence-corrected chi connectivity index (χ1v) is 10.4. The molecule has 1 heterocycles. The molecule has 1 amide bonds. The molecule has 1 fully saturated rings. The van der Waals surface area contributed by atoms with E-state index in [9.17, 15) is 4.79 Å². The normalized spacial score (nSPS) is 16.7. The molecule has 6 nitrogen and oxygen atoms in total. The Morgan fingerprint density at radius 3 is 2.30 bits per heavy atom. The quantitative estimate of drug-likeness (QED) is 0.663. The molecular formula is C24H32N2O4. The standard InChI is InChI=1S/C24H32N2O4/c1-25(15-19-13-21(28-2)23(30-4)22(14-19)29-3)24(27)20-11-8-12-26(17-20)16-18-9-6-5-7-10-18/h5-7,9-10,13-14,20H,8,11-12,15-17H2,1-4H3/t20-/m0/s1. The van der Waals surface area contributed by atoms with E-state index in [1.165, 1.54) is 5.56 Å². The van der Waals surface area contributed by atoms with Crippen LogP contribution in [0.5, 0.6) is 17.2 Å². The Bertz CT molecular complexity index is 815. The van der Waals surface area contributed by atoms with Crippen LogP contribution >= 0.6 is 0 Å². The second kappa shape index (κ2) is 10.3. The number of likely N-dealkylation sites (tertiary alicyclic amines) is 1. The van der Waals surface area contributed by atoms with Gasteiger partial charge in [-0.3, -0.25) is 9.69 Å². The van der Waals surface area contributed by atoms with Gasteiger partial charge >= 0.3 is 0 Å². The summed E-state index contributed by atoms with van der Waals surface area (Å²) in [7, 11) is 6.64. The molecule has 1 saturated heterocycles. The molecule has 2 aromatic carbocycles. The fourth-order valence-corrected chi connectivity index (χ4v) is 4.13. The highest BCUT2D eigenvalue weighted by atomic mass is 16.5. The van der Waals surface area contributed by atoms with E-state index in [2.05, 4.69) is 29.2 Å². The Kier molecular flexibility index (Phi) is 7.57. The second-order valence-corrected chi connectivity index (χ2v) is 7.79. The van der Waals surface area contributed by atoms with Crippen molar-refractivity contribution in [3.8, 4) is 17.2 Å². The minimum atomic E-state index is 0.0227. The van der Waals surface area contributed by atoms with Crippen molar-refractivity contribution in [2.45, 2.75) is 25.9 Å². The van der Waals surface area contributed by atoms with Gasteiger partial charge in [-0.1, -0.05) is 30.3 Å². The lowest BCUT2D eigenvalue weighted by molar-refractivity contribution is -0.136. The summed E-state index contributed by atoms with van der Waals surface area (Å²) in [5, 5.41) is 0. The van der Waals surface area contributed by atoms with Crippen molar-refractivity contribution in [1.82, 2.24) is 9.80 Å². The molecule has 2 aromatic rings. The predicted molar refractivity (Wildman–Crippen MR) is 117 cm³/mol. The van der Waals surface area contributed by atoms with Crippen LogP contribution in [-0.2, 0) is 17.9 Å². The summed E-state index contributed by atoms with van der Waals surface area (Å²) in [4.78, 5) is 17.3. The van der Waals surface area contributed by atoms with E-state index in [4.69, 9.17) is 14.2 Å². The SMILES string of the molecule is COc1cc(CN(C)C(=O)[C@H]2CCCN(Cc3ccccc3)C2)cc(OC)c1OC. The number of rotatable bonds is 8. The van der Waals surface area contributed by atoms with Crippen LogP contribution in [0.1, 0.15) is 24.0 Å². The van der Waals surface area contributed by atoms with Gasteiger partial charge in [0.25, 0.3) is 0 Å². The fourth-order valence-electron chi connectivity index (χ4n) is 4.13. The molecule has 162 valence electrons. The molecule has 30 heavy (non-hydrogen) atoms. The van der Waals surface area contributed by atoms with Gasteiger partial charge in [0.2, 0.25) is 11.7 Å². The lowest BCUT2D eigenvalue weighted by Gasteiger charge is -2.34. The highest BCUT2D eigenvalue weighted by molar-refractivity contribution is 5.79. The van der Waals surface area contributed by atoms with Crippen LogP contribution in [-0.4, -0.2) is 57.2 Å². The zero-order valence-corrected chi connectivity index (χ0v) is 18.4. The predicted octanol–water partition coefficient (Wildman–Crippen LogP) is 3.58. The molecule has 6 heteroatoms. The number of benzene rings is 2. The number of methoxy groups -OCH3 is 3. The number of nitrogens with zero attached hydrogens (tertiary/aromatic N) is 2. The first kappa shape index (κ1) is 22.0. The van der Waals surface area contributed by atoms with Crippen LogP contribution in [0.3, 0.4) is 0 Å². The van der Waals surface area contributed by atoms with E-state index in [0.29, 0.717) is 23.8 Å². The van der Waals surface area contributed by atoms with E-state index in [-0.39, 0.29) is 11.8 Å². The zero-order valence-electron chi connectivity index (χ0n) is 18.4. The smallest absolute Gasteiger partial charge is 0.227 e. The third-order valence-electron chi connectivity index (χ3n) is 5.62. The average molecular weight is 413 g/mol. The molecule has 3 rings (SSSR count). The monoisotopic (exact) mass is 412 g/mol. The van der Waals surface area contributed by atoms with Crippen molar-refractivity contribution in [2.75, 3.05) is 41.5 Å². The van der Waals surface area contributed by atoms with Crippen LogP contribution in [0, 0.1) is 5.92 Å². The number of hydrogen-bond donors (Lipinski definition) is 0. The Morgan fingerprint density at radius 2 is 1.70 bits per heavy atom. The summed E-state index contributed by atoms with van der Waals surface area (Å²) in [5.41, 5.74) is 2.23. The number of ether oxygens (including phenoxy) is 3. The van der Waals surface area contributed by atoms with Gasteiger partial charge < -0.3 is 19.1 Å². The molecule has 1 aliphatic heterocycles. The molecule has 0 saturated carbocycles. The van der Waals surface area contributed by atoms with Crippen LogP contribution < -0.4 is 14.2 Å². The van der Waals surface area contributed by atoms with Gasteiger partial charge in [-0.2, -0.15) is 0 Å². The third-order valence-corrected chi connectivity index (χ3v) is 5.62. The fraction of sp³-hybridized carbons (Fsp3) is 0.458. The molecule has 1 aliphatic rings. The molecule has 0 radical (unpaired) electrons. The molecule has 0 unspecified atom stereocenters. The van der Waals surface area contributed by atoms with Crippen molar-refractivity contribution < 1.29 is 19.0 Å². The van der Waals surface area contributed by atoms with Gasteiger partial charge in [0.1, 0.15) is 0 Å². The summed E-state index contributed by atoms with van der Waals surface area (Å²) in [6.07, 6.45) is 1.98. The number of hydrogen-bond acceptors (Lipinski definition) is 5. The maximum absolute atomic E-state index is 13.1. The van der Waals surface area contributed by atoms with Gasteiger partial charge in [-0.15, -0.1) is 0 Å². The van der Waals surface area contributed by atoms with Crippen molar-refractivity contribution >= 4 is 5.91 Å². The highest BCUT2D eigenvalue weighted by Gasteiger charge is 2.28. The van der Waals surface area contributed by atoms with Crippen LogP contribution in [0.15, 0.2) is 42.5 Å². The third kappa shape index (κ3) is 5.25. The van der Waals surface area contributed by atoms with Crippen molar-refractivity contribution in [1.29, 1.82) is 0 Å². The number of carbonyl (C=O) groups is 1. The van der Waals surface area contributed by atoms with Gasteiger partial charge in [-0.05, 0) is 42.6 Å². The number of piperidine rings is 1. The maximum atomic E-state index is 13.1. The summed E-state index contributed by atoms with van der Waals surface area (Å²) in [6.45, 7) is 3.22. The molecule has 0 spiro atoms. The second-order valence-electron chi connectivity index (χ2n) is 7.79.